The molecule has 166 valence electrons. The number of hydrogen-bond acceptors (Lipinski definition) is 4. The van der Waals surface area contributed by atoms with Gasteiger partial charge in [-0.3, -0.25) is 9.10 Å². The van der Waals surface area contributed by atoms with Crippen LogP contribution in [-0.2, 0) is 21.4 Å². The fourth-order valence-electron chi connectivity index (χ4n) is 3.50. The van der Waals surface area contributed by atoms with Crippen LogP contribution in [0, 0.1) is 13.8 Å². The summed E-state index contributed by atoms with van der Waals surface area (Å²) in [5.41, 5.74) is 3.02. The lowest BCUT2D eigenvalue weighted by Gasteiger charge is -2.35. The predicted octanol–water partition coefficient (Wildman–Crippen LogP) is 4.23. The second-order valence-corrected chi connectivity index (χ2v) is 10.0. The van der Waals surface area contributed by atoms with Gasteiger partial charge in [0.15, 0.2) is 6.10 Å². The summed E-state index contributed by atoms with van der Waals surface area (Å²) >= 11 is 6.17. The molecular formula is C24H23ClN2O4S. The van der Waals surface area contributed by atoms with Crippen molar-refractivity contribution >= 4 is 33.2 Å². The largest absolute Gasteiger partial charge is 0.476 e. The summed E-state index contributed by atoms with van der Waals surface area (Å²) in [6, 6.07) is 19.1. The van der Waals surface area contributed by atoms with E-state index in [0.717, 1.165) is 16.7 Å². The smallest absolute Gasteiger partial charge is 0.264 e. The minimum atomic E-state index is -3.90. The van der Waals surface area contributed by atoms with E-state index in [9.17, 15) is 13.2 Å². The van der Waals surface area contributed by atoms with E-state index < -0.39 is 22.0 Å². The van der Waals surface area contributed by atoms with Gasteiger partial charge in [0.1, 0.15) is 5.75 Å². The number of nitrogens with one attached hydrogen (secondary N) is 1. The minimum Gasteiger partial charge on any atom is -0.476 e. The number of carbonyl (C=O) groups excluding carboxylic acids is 1. The van der Waals surface area contributed by atoms with Crippen LogP contribution in [0.4, 0.5) is 5.69 Å². The molecule has 1 amide bonds. The van der Waals surface area contributed by atoms with E-state index >= 15 is 0 Å². The molecule has 1 atom stereocenters. The van der Waals surface area contributed by atoms with E-state index in [-0.39, 0.29) is 18.0 Å². The number of fused-ring (bicyclic) bond motifs is 1. The van der Waals surface area contributed by atoms with Crippen molar-refractivity contribution in [3.05, 3.63) is 88.4 Å². The van der Waals surface area contributed by atoms with Crippen molar-refractivity contribution in [3.63, 3.8) is 0 Å². The Labute approximate surface area is 192 Å². The first-order valence-corrected chi connectivity index (χ1v) is 12.0. The summed E-state index contributed by atoms with van der Waals surface area (Å²) in [5.74, 6) is -0.0734. The molecule has 32 heavy (non-hydrogen) atoms. The number of sulfonamides is 1. The van der Waals surface area contributed by atoms with Crippen LogP contribution in [0.2, 0.25) is 5.02 Å². The molecule has 0 saturated carbocycles. The van der Waals surface area contributed by atoms with Gasteiger partial charge in [0, 0.05) is 11.6 Å². The third kappa shape index (κ3) is 4.45. The number of halogens is 1. The number of aryl methyl sites for hydroxylation is 2. The Hall–Kier alpha value is -3.03. The van der Waals surface area contributed by atoms with E-state index in [1.54, 1.807) is 42.5 Å². The van der Waals surface area contributed by atoms with E-state index in [2.05, 4.69) is 5.32 Å². The molecule has 0 fully saturated rings. The molecule has 3 aromatic rings. The van der Waals surface area contributed by atoms with Gasteiger partial charge < -0.3 is 10.1 Å². The van der Waals surface area contributed by atoms with Crippen molar-refractivity contribution in [2.45, 2.75) is 31.4 Å². The molecule has 3 aromatic carbocycles. The maximum atomic E-state index is 13.5. The Kier molecular flexibility index (Phi) is 6.13. The van der Waals surface area contributed by atoms with Gasteiger partial charge in [-0.05, 0) is 55.3 Å². The van der Waals surface area contributed by atoms with Crippen molar-refractivity contribution in [3.8, 4) is 5.75 Å². The third-order valence-electron chi connectivity index (χ3n) is 5.30. The van der Waals surface area contributed by atoms with Gasteiger partial charge in [-0.25, -0.2) is 8.42 Å². The fourth-order valence-corrected chi connectivity index (χ4v) is 5.17. The summed E-state index contributed by atoms with van der Waals surface area (Å²) in [7, 11) is -3.90. The molecule has 0 unspecified atom stereocenters. The Morgan fingerprint density at radius 3 is 2.47 bits per heavy atom. The zero-order valence-corrected chi connectivity index (χ0v) is 19.3. The summed E-state index contributed by atoms with van der Waals surface area (Å²) in [4.78, 5) is 13.1. The molecule has 1 aliphatic heterocycles. The molecule has 1 aliphatic rings. The molecule has 1 heterocycles. The van der Waals surface area contributed by atoms with Crippen LogP contribution in [-0.4, -0.2) is 27.0 Å². The number of ether oxygens (including phenoxy) is 1. The quantitative estimate of drug-likeness (QED) is 0.605. The molecule has 4 rings (SSSR count). The SMILES string of the molecule is Cc1ccc(S(=O)(=O)N2C[C@H](C(=O)NCc3ccccc3Cl)Oc3ccc(C)cc32)cc1. The van der Waals surface area contributed by atoms with Crippen LogP contribution < -0.4 is 14.4 Å². The molecule has 0 radical (unpaired) electrons. The molecule has 0 bridgehead atoms. The first kappa shape index (κ1) is 22.2. The molecule has 0 spiro atoms. The van der Waals surface area contributed by atoms with E-state index in [0.29, 0.717) is 16.5 Å². The van der Waals surface area contributed by atoms with Crippen LogP contribution in [0.15, 0.2) is 71.6 Å². The lowest BCUT2D eigenvalue weighted by atomic mass is 10.1. The highest BCUT2D eigenvalue weighted by Gasteiger charge is 2.37. The molecule has 0 saturated heterocycles. The zero-order valence-electron chi connectivity index (χ0n) is 17.7. The van der Waals surface area contributed by atoms with Crippen LogP contribution in [0.1, 0.15) is 16.7 Å². The van der Waals surface area contributed by atoms with E-state index in [1.807, 2.05) is 38.1 Å². The van der Waals surface area contributed by atoms with Crippen molar-refractivity contribution in [1.82, 2.24) is 5.32 Å². The molecular weight excluding hydrogens is 448 g/mol. The van der Waals surface area contributed by atoms with Crippen molar-refractivity contribution in [2.75, 3.05) is 10.8 Å². The molecule has 1 N–H and O–H groups in total. The normalized spacial score (nSPS) is 15.6. The average Bonchev–Trinajstić information content (AvgIpc) is 2.78. The number of anilines is 1. The summed E-state index contributed by atoms with van der Waals surface area (Å²) in [6.07, 6.45) is -1.01. The number of rotatable bonds is 5. The van der Waals surface area contributed by atoms with E-state index in [1.165, 1.54) is 4.31 Å². The third-order valence-corrected chi connectivity index (χ3v) is 7.46. The number of nitrogens with zero attached hydrogens (tertiary/aromatic N) is 1. The first-order valence-electron chi connectivity index (χ1n) is 10.1. The summed E-state index contributed by atoms with van der Waals surface area (Å²) < 4.78 is 34.1. The van der Waals surface area contributed by atoms with Gasteiger partial charge in [0.25, 0.3) is 15.9 Å². The van der Waals surface area contributed by atoms with Gasteiger partial charge in [-0.15, -0.1) is 0 Å². The Bertz CT molecular complexity index is 1260. The highest BCUT2D eigenvalue weighted by atomic mass is 35.5. The second-order valence-electron chi connectivity index (χ2n) is 7.74. The highest BCUT2D eigenvalue weighted by molar-refractivity contribution is 7.92. The number of carbonyl (C=O) groups is 1. The zero-order chi connectivity index (χ0) is 22.9. The minimum absolute atomic E-state index is 0.138. The van der Waals surface area contributed by atoms with E-state index in [4.69, 9.17) is 16.3 Å². The Balaban J connectivity index is 1.63. The molecule has 6 nitrogen and oxygen atoms in total. The number of hydrogen-bond donors (Lipinski definition) is 1. The Morgan fingerprint density at radius 1 is 1.06 bits per heavy atom. The standard InChI is InChI=1S/C24H23ClN2O4S/c1-16-7-10-19(11-8-16)32(29,30)27-15-23(31-22-12-9-17(2)13-21(22)27)24(28)26-14-18-5-3-4-6-20(18)25/h3-13,23H,14-15H2,1-2H3,(H,26,28)/t23-/m1/s1. The van der Waals surface area contributed by atoms with Gasteiger partial charge in [0.2, 0.25) is 0 Å². The Morgan fingerprint density at radius 2 is 1.75 bits per heavy atom. The van der Waals surface area contributed by atoms with Crippen LogP contribution in [0.25, 0.3) is 0 Å². The second kappa shape index (κ2) is 8.84. The maximum absolute atomic E-state index is 13.5. The van der Waals surface area contributed by atoms with Crippen molar-refractivity contribution in [2.24, 2.45) is 0 Å². The van der Waals surface area contributed by atoms with Gasteiger partial charge in [-0.2, -0.15) is 0 Å². The molecule has 0 aliphatic carbocycles. The maximum Gasteiger partial charge on any atom is 0.264 e. The first-order chi connectivity index (χ1) is 15.3. The average molecular weight is 471 g/mol. The number of amides is 1. The lowest BCUT2D eigenvalue weighted by molar-refractivity contribution is -0.127. The summed E-state index contributed by atoms with van der Waals surface area (Å²) in [5, 5.41) is 3.34. The van der Waals surface area contributed by atoms with Crippen molar-refractivity contribution in [1.29, 1.82) is 0 Å². The van der Waals surface area contributed by atoms with Gasteiger partial charge in [0.05, 0.1) is 17.1 Å². The van der Waals surface area contributed by atoms with Gasteiger partial charge in [-0.1, -0.05) is 53.6 Å². The topological polar surface area (TPSA) is 75.7 Å². The van der Waals surface area contributed by atoms with Crippen LogP contribution in [0.5, 0.6) is 5.75 Å². The monoisotopic (exact) mass is 470 g/mol. The lowest BCUT2D eigenvalue weighted by Crippen LogP contribution is -2.50. The van der Waals surface area contributed by atoms with Crippen LogP contribution >= 0.6 is 11.6 Å². The predicted molar refractivity (Wildman–Crippen MR) is 125 cm³/mol. The number of benzene rings is 3. The molecule has 0 aromatic heterocycles. The summed E-state index contributed by atoms with van der Waals surface area (Å²) in [6.45, 7) is 3.84. The fraction of sp³-hybridized carbons (Fsp3) is 0.208. The van der Waals surface area contributed by atoms with Gasteiger partial charge >= 0.3 is 0 Å². The van der Waals surface area contributed by atoms with Crippen molar-refractivity contribution < 1.29 is 17.9 Å². The highest BCUT2D eigenvalue weighted by Crippen LogP contribution is 2.37. The molecule has 8 heteroatoms. The van der Waals surface area contributed by atoms with Crippen LogP contribution in [0.3, 0.4) is 0 Å².